The highest BCUT2D eigenvalue weighted by atomic mass is 16.2. The summed E-state index contributed by atoms with van der Waals surface area (Å²) in [5.74, 6) is 0.733. The first-order valence-electron chi connectivity index (χ1n) is 10.9. The van der Waals surface area contributed by atoms with Crippen LogP contribution in [0.1, 0.15) is 51.1 Å². The van der Waals surface area contributed by atoms with Gasteiger partial charge in [-0.2, -0.15) is 0 Å². The van der Waals surface area contributed by atoms with Crippen LogP contribution in [0.15, 0.2) is 84.9 Å². The highest BCUT2D eigenvalue weighted by Gasteiger charge is 2.31. The molecule has 0 saturated heterocycles. The van der Waals surface area contributed by atoms with Crippen molar-refractivity contribution in [2.45, 2.75) is 25.3 Å². The second-order valence-corrected chi connectivity index (χ2v) is 8.01. The van der Waals surface area contributed by atoms with Gasteiger partial charge in [-0.25, -0.2) is 9.67 Å². The van der Waals surface area contributed by atoms with Gasteiger partial charge in [0.25, 0.3) is 11.8 Å². The van der Waals surface area contributed by atoms with Crippen molar-refractivity contribution in [3.05, 3.63) is 108 Å². The number of benzene rings is 3. The van der Waals surface area contributed by atoms with Crippen LogP contribution in [0, 0.1) is 0 Å². The maximum atomic E-state index is 12.8. The molecule has 2 N–H and O–H groups in total. The van der Waals surface area contributed by atoms with Gasteiger partial charge < -0.3 is 10.6 Å². The predicted octanol–water partition coefficient (Wildman–Crippen LogP) is 4.33. The van der Waals surface area contributed by atoms with Crippen LogP contribution in [0.5, 0.6) is 0 Å². The Morgan fingerprint density at radius 3 is 2.18 bits per heavy atom. The summed E-state index contributed by atoms with van der Waals surface area (Å²) in [5.41, 5.74) is 3.01. The smallest absolute Gasteiger partial charge is 0.295 e. The molecule has 2 amide bonds. The largest absolute Gasteiger partial charge is 0.348 e. The zero-order valence-electron chi connectivity index (χ0n) is 17.9. The summed E-state index contributed by atoms with van der Waals surface area (Å²) < 4.78 is 1.76. The zero-order chi connectivity index (χ0) is 22.6. The molecule has 7 nitrogen and oxygen atoms in total. The molecule has 0 unspecified atom stereocenters. The van der Waals surface area contributed by atoms with E-state index in [1.165, 1.54) is 0 Å². The van der Waals surface area contributed by atoms with Crippen molar-refractivity contribution in [2.75, 3.05) is 5.32 Å². The standard InChI is InChI=1S/C26H23N5O2/c32-25(27-17-18-7-3-1-4-8-18)20-13-15-21(16-14-20)28-26(33)23-29-24(19-11-12-19)31(30-23)22-9-5-2-6-10-22/h1-10,13-16,19H,11-12,17H2,(H,27,32)(H,28,33). The van der Waals surface area contributed by atoms with Crippen molar-refractivity contribution in [2.24, 2.45) is 0 Å². The van der Waals surface area contributed by atoms with E-state index in [1.807, 2.05) is 60.7 Å². The lowest BCUT2D eigenvalue weighted by atomic mass is 10.1. The van der Waals surface area contributed by atoms with Gasteiger partial charge in [0.2, 0.25) is 5.82 Å². The molecule has 164 valence electrons. The van der Waals surface area contributed by atoms with Gasteiger partial charge in [0.05, 0.1) is 5.69 Å². The van der Waals surface area contributed by atoms with Gasteiger partial charge in [0, 0.05) is 23.7 Å². The van der Waals surface area contributed by atoms with Crippen LogP contribution in [0.2, 0.25) is 0 Å². The lowest BCUT2D eigenvalue weighted by Gasteiger charge is -2.07. The summed E-state index contributed by atoms with van der Waals surface area (Å²) >= 11 is 0. The molecule has 0 radical (unpaired) electrons. The molecule has 5 rings (SSSR count). The van der Waals surface area contributed by atoms with Crippen molar-refractivity contribution < 1.29 is 9.59 Å². The Hall–Kier alpha value is -4.26. The SMILES string of the molecule is O=C(NCc1ccccc1)c1ccc(NC(=O)c2nc(C3CC3)n(-c3ccccc3)n2)cc1. The number of carbonyl (C=O) groups is 2. The molecule has 1 aliphatic rings. The first kappa shape index (κ1) is 20.6. The van der Waals surface area contributed by atoms with Crippen LogP contribution < -0.4 is 10.6 Å². The fraction of sp³-hybridized carbons (Fsp3) is 0.154. The van der Waals surface area contributed by atoms with Gasteiger partial charge in [-0.1, -0.05) is 48.5 Å². The summed E-state index contributed by atoms with van der Waals surface area (Å²) in [6, 6.07) is 26.2. The Kier molecular flexibility index (Phi) is 5.68. The normalized spacial score (nSPS) is 12.8. The highest BCUT2D eigenvalue weighted by Crippen LogP contribution is 2.39. The van der Waals surface area contributed by atoms with Gasteiger partial charge in [-0.3, -0.25) is 9.59 Å². The van der Waals surface area contributed by atoms with Crippen LogP contribution in [-0.4, -0.2) is 26.6 Å². The van der Waals surface area contributed by atoms with Crippen molar-refractivity contribution in [1.82, 2.24) is 20.1 Å². The lowest BCUT2D eigenvalue weighted by Crippen LogP contribution is -2.22. The minimum atomic E-state index is -0.382. The van der Waals surface area contributed by atoms with Crippen molar-refractivity contribution in [3.8, 4) is 5.69 Å². The van der Waals surface area contributed by atoms with E-state index < -0.39 is 0 Å². The fourth-order valence-corrected chi connectivity index (χ4v) is 3.56. The molecule has 4 aromatic rings. The average Bonchev–Trinajstić information content (AvgIpc) is 3.61. The summed E-state index contributed by atoms with van der Waals surface area (Å²) in [6.07, 6.45) is 2.11. The van der Waals surface area contributed by atoms with Gasteiger partial charge in [-0.15, -0.1) is 5.10 Å². The summed E-state index contributed by atoms with van der Waals surface area (Å²) in [4.78, 5) is 29.7. The topological polar surface area (TPSA) is 88.9 Å². The third kappa shape index (κ3) is 4.82. The quantitative estimate of drug-likeness (QED) is 0.450. The van der Waals surface area contributed by atoms with Gasteiger partial charge in [-0.05, 0) is 54.8 Å². The Morgan fingerprint density at radius 2 is 1.52 bits per heavy atom. The van der Waals surface area contributed by atoms with E-state index in [0.29, 0.717) is 23.7 Å². The molecule has 0 aliphatic heterocycles. The maximum absolute atomic E-state index is 12.8. The fourth-order valence-electron chi connectivity index (χ4n) is 3.56. The lowest BCUT2D eigenvalue weighted by molar-refractivity contribution is 0.0950. The second-order valence-electron chi connectivity index (χ2n) is 8.01. The predicted molar refractivity (Wildman–Crippen MR) is 125 cm³/mol. The van der Waals surface area contributed by atoms with Gasteiger partial charge >= 0.3 is 0 Å². The number of amides is 2. The molecule has 1 fully saturated rings. The second kappa shape index (κ2) is 9.08. The van der Waals surface area contributed by atoms with Crippen LogP contribution >= 0.6 is 0 Å². The third-order valence-electron chi connectivity index (χ3n) is 5.48. The molecule has 1 heterocycles. The summed E-state index contributed by atoms with van der Waals surface area (Å²) in [7, 11) is 0. The van der Waals surface area contributed by atoms with E-state index >= 15 is 0 Å². The van der Waals surface area contributed by atoms with E-state index in [1.54, 1.807) is 28.9 Å². The van der Waals surface area contributed by atoms with Gasteiger partial charge in [0.1, 0.15) is 5.82 Å². The number of hydrogen-bond acceptors (Lipinski definition) is 4. The minimum Gasteiger partial charge on any atom is -0.348 e. The number of nitrogens with zero attached hydrogens (tertiary/aromatic N) is 3. The Bertz CT molecular complexity index is 1260. The highest BCUT2D eigenvalue weighted by molar-refractivity contribution is 6.02. The molecule has 0 atom stereocenters. The first-order chi connectivity index (χ1) is 16.2. The van der Waals surface area contributed by atoms with E-state index in [9.17, 15) is 9.59 Å². The molecule has 1 aliphatic carbocycles. The van der Waals surface area contributed by atoms with Crippen molar-refractivity contribution >= 4 is 17.5 Å². The molecular formula is C26H23N5O2. The first-order valence-corrected chi connectivity index (χ1v) is 10.9. The summed E-state index contributed by atoms with van der Waals surface area (Å²) in [6.45, 7) is 0.456. The maximum Gasteiger partial charge on any atom is 0.295 e. The third-order valence-corrected chi connectivity index (χ3v) is 5.48. The molecule has 0 spiro atoms. The Balaban J connectivity index is 1.25. The van der Waals surface area contributed by atoms with E-state index in [-0.39, 0.29) is 17.6 Å². The van der Waals surface area contributed by atoms with E-state index in [4.69, 9.17) is 0 Å². The molecular weight excluding hydrogens is 414 g/mol. The number of hydrogen-bond donors (Lipinski definition) is 2. The Morgan fingerprint density at radius 1 is 0.848 bits per heavy atom. The molecule has 1 saturated carbocycles. The van der Waals surface area contributed by atoms with Crippen LogP contribution in [0.3, 0.4) is 0 Å². The molecule has 0 bridgehead atoms. The Labute approximate surface area is 191 Å². The average molecular weight is 438 g/mol. The number of nitrogens with one attached hydrogen (secondary N) is 2. The number of anilines is 1. The van der Waals surface area contributed by atoms with E-state index in [0.717, 1.165) is 29.9 Å². The van der Waals surface area contributed by atoms with Crippen molar-refractivity contribution in [3.63, 3.8) is 0 Å². The van der Waals surface area contributed by atoms with E-state index in [2.05, 4.69) is 20.7 Å². The number of aromatic nitrogens is 3. The van der Waals surface area contributed by atoms with Crippen LogP contribution in [-0.2, 0) is 6.54 Å². The molecule has 1 aromatic heterocycles. The van der Waals surface area contributed by atoms with Crippen molar-refractivity contribution in [1.29, 1.82) is 0 Å². The molecule has 3 aromatic carbocycles. The van der Waals surface area contributed by atoms with Gasteiger partial charge in [0.15, 0.2) is 0 Å². The zero-order valence-corrected chi connectivity index (χ0v) is 17.9. The van der Waals surface area contributed by atoms with Crippen LogP contribution in [0.4, 0.5) is 5.69 Å². The minimum absolute atomic E-state index is 0.130. The number of carbonyl (C=O) groups excluding carboxylic acids is 2. The van der Waals surface area contributed by atoms with Crippen LogP contribution in [0.25, 0.3) is 5.69 Å². The molecule has 33 heavy (non-hydrogen) atoms. The summed E-state index contributed by atoms with van der Waals surface area (Å²) in [5, 5.41) is 10.2. The monoisotopic (exact) mass is 437 g/mol. The number of rotatable bonds is 7. The number of para-hydroxylation sites is 1. The molecule has 7 heteroatoms.